The van der Waals surface area contributed by atoms with Crippen molar-refractivity contribution >= 4 is 5.91 Å². The lowest BCUT2D eigenvalue weighted by atomic mass is 9.68. The van der Waals surface area contributed by atoms with Gasteiger partial charge in [-0.25, -0.2) is 9.89 Å². The van der Waals surface area contributed by atoms with Crippen molar-refractivity contribution in [3.63, 3.8) is 0 Å². The SMILES string of the molecule is CCn1c(C2CCCN(C(=O)C3(COC)CCC3)C2)n[nH]c1=O. The van der Waals surface area contributed by atoms with Crippen LogP contribution in [0.1, 0.15) is 50.8 Å². The third-order valence-electron chi connectivity index (χ3n) is 5.36. The predicted molar refractivity (Wildman–Crippen MR) is 85.2 cm³/mol. The van der Waals surface area contributed by atoms with E-state index in [0.717, 1.165) is 44.5 Å². The van der Waals surface area contributed by atoms with Crippen LogP contribution in [0.4, 0.5) is 0 Å². The highest BCUT2D eigenvalue weighted by atomic mass is 16.5. The first-order valence-corrected chi connectivity index (χ1v) is 8.54. The molecule has 2 fully saturated rings. The van der Waals surface area contributed by atoms with Crippen LogP contribution in [0.15, 0.2) is 4.79 Å². The number of methoxy groups -OCH3 is 1. The van der Waals surface area contributed by atoms with Crippen LogP contribution in [-0.2, 0) is 16.1 Å². The van der Waals surface area contributed by atoms with Gasteiger partial charge in [0.25, 0.3) is 0 Å². The van der Waals surface area contributed by atoms with Crippen LogP contribution in [0, 0.1) is 5.41 Å². The van der Waals surface area contributed by atoms with Crippen LogP contribution in [-0.4, -0.2) is 52.4 Å². The number of aromatic nitrogens is 3. The number of ether oxygens (including phenoxy) is 1. The number of hydrogen-bond donors (Lipinski definition) is 1. The lowest BCUT2D eigenvalue weighted by molar-refractivity contribution is -0.153. The number of aromatic amines is 1. The highest BCUT2D eigenvalue weighted by Crippen LogP contribution is 2.43. The minimum Gasteiger partial charge on any atom is -0.384 e. The number of H-pyrrole nitrogens is 1. The Morgan fingerprint density at radius 3 is 2.83 bits per heavy atom. The van der Waals surface area contributed by atoms with Gasteiger partial charge in [-0.05, 0) is 32.6 Å². The summed E-state index contributed by atoms with van der Waals surface area (Å²) in [5, 5.41) is 6.74. The molecule has 1 aliphatic heterocycles. The standard InChI is InChI=1S/C16H26N4O3/c1-3-20-13(17-18-15(20)22)12-6-4-9-19(10-12)14(21)16(11-23-2)7-5-8-16/h12H,3-11H2,1-2H3,(H,18,22). The molecule has 7 nitrogen and oxygen atoms in total. The molecule has 0 aromatic carbocycles. The minimum atomic E-state index is -0.313. The van der Waals surface area contributed by atoms with E-state index in [9.17, 15) is 9.59 Å². The van der Waals surface area contributed by atoms with Gasteiger partial charge >= 0.3 is 5.69 Å². The third kappa shape index (κ3) is 2.82. The molecule has 1 aliphatic carbocycles. The number of hydrogen-bond acceptors (Lipinski definition) is 4. The van der Waals surface area contributed by atoms with Gasteiger partial charge in [0.15, 0.2) is 0 Å². The van der Waals surface area contributed by atoms with Crippen LogP contribution in [0.5, 0.6) is 0 Å². The quantitative estimate of drug-likeness (QED) is 0.881. The average Bonchev–Trinajstić information content (AvgIpc) is 2.91. The molecule has 0 radical (unpaired) electrons. The predicted octanol–water partition coefficient (Wildman–Crippen LogP) is 1.11. The van der Waals surface area contributed by atoms with Crippen LogP contribution in [0.2, 0.25) is 0 Å². The molecule has 1 aromatic rings. The molecular weight excluding hydrogens is 296 g/mol. The maximum atomic E-state index is 13.0. The molecule has 1 N–H and O–H groups in total. The lowest BCUT2D eigenvalue weighted by Gasteiger charge is -2.45. The molecule has 1 unspecified atom stereocenters. The number of nitrogens with one attached hydrogen (secondary N) is 1. The number of amides is 1. The Kier molecular flexibility index (Phi) is 4.57. The zero-order valence-electron chi connectivity index (χ0n) is 14.0. The summed E-state index contributed by atoms with van der Waals surface area (Å²) in [7, 11) is 1.66. The summed E-state index contributed by atoms with van der Waals surface area (Å²) in [4.78, 5) is 26.7. The largest absolute Gasteiger partial charge is 0.384 e. The molecule has 2 heterocycles. The molecule has 1 amide bonds. The fraction of sp³-hybridized carbons (Fsp3) is 0.812. The topological polar surface area (TPSA) is 80.2 Å². The van der Waals surface area contributed by atoms with Gasteiger partial charge in [-0.2, -0.15) is 5.10 Å². The third-order valence-corrected chi connectivity index (χ3v) is 5.36. The van der Waals surface area contributed by atoms with E-state index in [0.29, 0.717) is 19.7 Å². The van der Waals surface area contributed by atoms with Crippen LogP contribution in [0.3, 0.4) is 0 Å². The summed E-state index contributed by atoms with van der Waals surface area (Å²) in [6.07, 6.45) is 4.85. The molecule has 1 atom stereocenters. The summed E-state index contributed by atoms with van der Waals surface area (Å²) >= 11 is 0. The lowest BCUT2D eigenvalue weighted by Crippen LogP contribution is -2.52. The van der Waals surface area contributed by atoms with E-state index in [4.69, 9.17) is 4.74 Å². The number of likely N-dealkylation sites (tertiary alicyclic amines) is 1. The van der Waals surface area contributed by atoms with Crippen LogP contribution in [0.25, 0.3) is 0 Å². The summed E-state index contributed by atoms with van der Waals surface area (Å²) in [5.74, 6) is 1.13. The van der Waals surface area contributed by atoms with Crippen molar-refractivity contribution in [3.05, 3.63) is 16.3 Å². The molecule has 23 heavy (non-hydrogen) atoms. The van der Waals surface area contributed by atoms with Gasteiger partial charge in [-0.15, -0.1) is 0 Å². The summed E-state index contributed by atoms with van der Waals surface area (Å²) in [6, 6.07) is 0. The Labute approximate surface area is 136 Å². The smallest absolute Gasteiger partial charge is 0.343 e. The van der Waals surface area contributed by atoms with Crippen LogP contribution < -0.4 is 5.69 Å². The van der Waals surface area contributed by atoms with Crippen molar-refractivity contribution in [2.75, 3.05) is 26.8 Å². The molecule has 1 aromatic heterocycles. The Bertz CT molecular complexity index is 617. The van der Waals surface area contributed by atoms with E-state index >= 15 is 0 Å². The second kappa shape index (κ2) is 6.47. The first-order valence-electron chi connectivity index (χ1n) is 8.54. The molecule has 0 spiro atoms. The first kappa shape index (κ1) is 16.2. The van der Waals surface area contributed by atoms with Gasteiger partial charge in [-0.1, -0.05) is 6.42 Å². The highest BCUT2D eigenvalue weighted by molar-refractivity contribution is 5.84. The average molecular weight is 322 g/mol. The zero-order valence-corrected chi connectivity index (χ0v) is 14.0. The van der Waals surface area contributed by atoms with E-state index in [2.05, 4.69) is 10.2 Å². The van der Waals surface area contributed by atoms with E-state index in [-0.39, 0.29) is 22.9 Å². The fourth-order valence-corrected chi connectivity index (χ4v) is 3.95. The first-order chi connectivity index (χ1) is 11.1. The Morgan fingerprint density at radius 1 is 1.43 bits per heavy atom. The summed E-state index contributed by atoms with van der Waals surface area (Å²) in [5.41, 5.74) is -0.479. The Balaban J connectivity index is 1.75. The van der Waals surface area contributed by atoms with Gasteiger partial charge in [0, 0.05) is 32.7 Å². The Morgan fingerprint density at radius 2 is 2.22 bits per heavy atom. The molecule has 1 saturated carbocycles. The molecular formula is C16H26N4O3. The van der Waals surface area contributed by atoms with Crippen LogP contribution >= 0.6 is 0 Å². The number of carbonyl (C=O) groups is 1. The van der Waals surface area contributed by atoms with Gasteiger partial charge in [0.2, 0.25) is 5.91 Å². The van der Waals surface area contributed by atoms with Crippen molar-refractivity contribution in [3.8, 4) is 0 Å². The molecule has 3 rings (SSSR count). The molecule has 7 heteroatoms. The van der Waals surface area contributed by atoms with Crippen molar-refractivity contribution in [1.29, 1.82) is 0 Å². The van der Waals surface area contributed by atoms with Crippen molar-refractivity contribution in [2.45, 2.75) is 51.5 Å². The summed E-state index contributed by atoms with van der Waals surface area (Å²) < 4.78 is 6.98. The van der Waals surface area contributed by atoms with Gasteiger partial charge in [0.1, 0.15) is 5.82 Å². The van der Waals surface area contributed by atoms with E-state index in [1.165, 1.54) is 0 Å². The highest BCUT2D eigenvalue weighted by Gasteiger charge is 2.47. The number of rotatable bonds is 5. The second-order valence-electron chi connectivity index (χ2n) is 6.79. The van der Waals surface area contributed by atoms with Gasteiger partial charge in [-0.3, -0.25) is 9.36 Å². The number of nitrogens with zero attached hydrogens (tertiary/aromatic N) is 3. The molecule has 128 valence electrons. The zero-order chi connectivity index (χ0) is 16.4. The normalized spacial score (nSPS) is 23.6. The van der Waals surface area contributed by atoms with Crippen molar-refractivity contribution < 1.29 is 9.53 Å². The summed E-state index contributed by atoms with van der Waals surface area (Å²) in [6.45, 7) is 4.49. The van der Waals surface area contributed by atoms with E-state index in [1.54, 1.807) is 11.7 Å². The monoisotopic (exact) mass is 322 g/mol. The van der Waals surface area contributed by atoms with Crippen molar-refractivity contribution in [1.82, 2.24) is 19.7 Å². The number of carbonyl (C=O) groups excluding carboxylic acids is 1. The van der Waals surface area contributed by atoms with Gasteiger partial charge < -0.3 is 9.64 Å². The van der Waals surface area contributed by atoms with Gasteiger partial charge in [0.05, 0.1) is 12.0 Å². The molecule has 2 aliphatic rings. The minimum absolute atomic E-state index is 0.131. The number of piperidine rings is 1. The Hall–Kier alpha value is -1.63. The fourth-order valence-electron chi connectivity index (χ4n) is 3.95. The van der Waals surface area contributed by atoms with Crippen molar-refractivity contribution in [2.24, 2.45) is 5.41 Å². The maximum Gasteiger partial charge on any atom is 0.343 e. The molecule has 1 saturated heterocycles. The van der Waals surface area contributed by atoms with E-state index < -0.39 is 0 Å². The maximum absolute atomic E-state index is 13.0. The second-order valence-corrected chi connectivity index (χ2v) is 6.79. The van der Waals surface area contributed by atoms with E-state index in [1.807, 2.05) is 11.8 Å². The molecule has 0 bridgehead atoms.